The molecule has 0 aromatic carbocycles. The third-order valence-corrected chi connectivity index (χ3v) is 4.51. The Balaban J connectivity index is 1.54. The quantitative estimate of drug-likeness (QED) is 0.770. The number of carbonyl (C=O) groups is 1. The molecule has 0 bridgehead atoms. The van der Waals surface area contributed by atoms with Gasteiger partial charge in [0.2, 0.25) is 0 Å². The van der Waals surface area contributed by atoms with Crippen LogP contribution in [0.25, 0.3) is 22.2 Å². The summed E-state index contributed by atoms with van der Waals surface area (Å²) in [6.45, 7) is 0. The standard InChI is InChI=1S/C18H20N6O/c1-24-11-13(10-20-24)12-8-16-15(19-9-12)6-7-17(22-16)23-18(25)21-14-4-2-3-5-14/h6-11,14H,2-5H2,1H3,(H2,21,22,23,25). The number of pyridine rings is 2. The molecule has 128 valence electrons. The molecule has 1 aliphatic carbocycles. The molecule has 2 amide bonds. The maximum atomic E-state index is 12.1. The highest BCUT2D eigenvalue weighted by atomic mass is 16.2. The van der Waals surface area contributed by atoms with E-state index in [-0.39, 0.29) is 12.1 Å². The van der Waals surface area contributed by atoms with Crippen molar-refractivity contribution in [1.82, 2.24) is 25.1 Å². The summed E-state index contributed by atoms with van der Waals surface area (Å²) in [7, 11) is 1.88. The van der Waals surface area contributed by atoms with Crippen molar-refractivity contribution in [2.45, 2.75) is 31.7 Å². The first-order valence-electron chi connectivity index (χ1n) is 8.51. The largest absolute Gasteiger partial charge is 0.335 e. The van der Waals surface area contributed by atoms with Crippen molar-refractivity contribution >= 4 is 22.9 Å². The molecule has 0 radical (unpaired) electrons. The SMILES string of the molecule is Cn1cc(-c2cnc3ccc(NC(=O)NC4CCCC4)nc3c2)cn1. The Kier molecular flexibility index (Phi) is 4.05. The van der Waals surface area contributed by atoms with Gasteiger partial charge in [0.25, 0.3) is 0 Å². The lowest BCUT2D eigenvalue weighted by atomic mass is 10.1. The fourth-order valence-electron chi connectivity index (χ4n) is 3.21. The van der Waals surface area contributed by atoms with Gasteiger partial charge < -0.3 is 5.32 Å². The van der Waals surface area contributed by atoms with Crippen LogP contribution >= 0.6 is 0 Å². The van der Waals surface area contributed by atoms with Crippen molar-refractivity contribution in [2.24, 2.45) is 7.05 Å². The predicted octanol–water partition coefficient (Wildman–Crippen LogP) is 3.09. The molecule has 1 saturated carbocycles. The van der Waals surface area contributed by atoms with Gasteiger partial charge in [-0.1, -0.05) is 12.8 Å². The minimum atomic E-state index is -0.199. The number of anilines is 1. The summed E-state index contributed by atoms with van der Waals surface area (Å²) in [4.78, 5) is 21.1. The van der Waals surface area contributed by atoms with E-state index in [1.807, 2.05) is 25.4 Å². The van der Waals surface area contributed by atoms with E-state index < -0.39 is 0 Å². The van der Waals surface area contributed by atoms with E-state index in [2.05, 4.69) is 25.7 Å². The number of nitrogens with zero attached hydrogens (tertiary/aromatic N) is 4. The van der Waals surface area contributed by atoms with Gasteiger partial charge in [0.1, 0.15) is 5.82 Å². The topological polar surface area (TPSA) is 84.7 Å². The Morgan fingerprint density at radius 1 is 1.16 bits per heavy atom. The minimum Gasteiger partial charge on any atom is -0.335 e. The highest BCUT2D eigenvalue weighted by Crippen LogP contribution is 2.22. The third kappa shape index (κ3) is 3.45. The lowest BCUT2D eigenvalue weighted by Crippen LogP contribution is -2.36. The van der Waals surface area contributed by atoms with Crippen molar-refractivity contribution in [1.29, 1.82) is 0 Å². The summed E-state index contributed by atoms with van der Waals surface area (Å²) >= 11 is 0. The average molecular weight is 336 g/mol. The number of hydrogen-bond donors (Lipinski definition) is 2. The van der Waals surface area contributed by atoms with E-state index in [1.54, 1.807) is 23.1 Å². The average Bonchev–Trinajstić information content (AvgIpc) is 3.26. The highest BCUT2D eigenvalue weighted by Gasteiger charge is 2.17. The normalized spacial score (nSPS) is 14.8. The smallest absolute Gasteiger partial charge is 0.320 e. The van der Waals surface area contributed by atoms with Crippen molar-refractivity contribution < 1.29 is 4.79 Å². The number of hydrogen-bond acceptors (Lipinski definition) is 4. The summed E-state index contributed by atoms with van der Waals surface area (Å²) in [5.74, 6) is 0.521. The molecule has 0 spiro atoms. The van der Waals surface area contributed by atoms with Crippen LogP contribution in [0.5, 0.6) is 0 Å². The van der Waals surface area contributed by atoms with E-state index >= 15 is 0 Å². The number of urea groups is 1. The molecule has 4 rings (SSSR count). The van der Waals surface area contributed by atoms with Gasteiger partial charge in [-0.3, -0.25) is 15.0 Å². The maximum absolute atomic E-state index is 12.1. The Morgan fingerprint density at radius 3 is 2.76 bits per heavy atom. The molecule has 25 heavy (non-hydrogen) atoms. The number of amides is 2. The first-order chi connectivity index (χ1) is 12.2. The first kappa shape index (κ1) is 15.6. The number of nitrogens with one attached hydrogen (secondary N) is 2. The Bertz CT molecular complexity index is 913. The third-order valence-electron chi connectivity index (χ3n) is 4.51. The zero-order valence-electron chi connectivity index (χ0n) is 14.1. The van der Waals surface area contributed by atoms with E-state index in [1.165, 1.54) is 12.8 Å². The Morgan fingerprint density at radius 2 is 2.00 bits per heavy atom. The van der Waals surface area contributed by atoms with Gasteiger partial charge in [-0.2, -0.15) is 5.10 Å². The zero-order valence-corrected chi connectivity index (χ0v) is 14.1. The summed E-state index contributed by atoms with van der Waals surface area (Å²) in [5, 5.41) is 10.00. The number of fused-ring (bicyclic) bond motifs is 1. The molecule has 3 heterocycles. The van der Waals surface area contributed by atoms with Crippen LogP contribution in [-0.2, 0) is 7.05 Å². The molecule has 3 aromatic rings. The van der Waals surface area contributed by atoms with Gasteiger partial charge in [0.15, 0.2) is 0 Å². The maximum Gasteiger partial charge on any atom is 0.320 e. The molecule has 0 unspecified atom stereocenters. The monoisotopic (exact) mass is 336 g/mol. The Hall–Kier alpha value is -2.96. The van der Waals surface area contributed by atoms with Gasteiger partial charge in [-0.25, -0.2) is 9.78 Å². The van der Waals surface area contributed by atoms with Gasteiger partial charge in [0, 0.05) is 36.6 Å². The van der Waals surface area contributed by atoms with E-state index in [0.717, 1.165) is 35.0 Å². The lowest BCUT2D eigenvalue weighted by molar-refractivity contribution is 0.248. The summed E-state index contributed by atoms with van der Waals surface area (Å²) < 4.78 is 1.75. The molecule has 1 aliphatic rings. The highest BCUT2D eigenvalue weighted by molar-refractivity contribution is 5.90. The summed E-state index contributed by atoms with van der Waals surface area (Å²) in [6.07, 6.45) is 10.00. The van der Waals surface area contributed by atoms with Crippen LogP contribution < -0.4 is 10.6 Å². The number of aromatic nitrogens is 4. The molecule has 0 atom stereocenters. The van der Waals surface area contributed by atoms with Crippen LogP contribution in [0.1, 0.15) is 25.7 Å². The van der Waals surface area contributed by atoms with Crippen LogP contribution in [0.2, 0.25) is 0 Å². The molecule has 7 heteroatoms. The molecule has 2 N–H and O–H groups in total. The molecular weight excluding hydrogens is 316 g/mol. The van der Waals surface area contributed by atoms with Crippen molar-refractivity contribution in [3.8, 4) is 11.1 Å². The molecule has 0 saturated heterocycles. The minimum absolute atomic E-state index is 0.199. The van der Waals surface area contributed by atoms with Crippen molar-refractivity contribution in [3.63, 3.8) is 0 Å². The van der Waals surface area contributed by atoms with Gasteiger partial charge in [-0.15, -0.1) is 0 Å². The fraction of sp³-hybridized carbons (Fsp3) is 0.333. The zero-order chi connectivity index (χ0) is 17.2. The first-order valence-corrected chi connectivity index (χ1v) is 8.51. The predicted molar refractivity (Wildman–Crippen MR) is 96.2 cm³/mol. The van der Waals surface area contributed by atoms with Gasteiger partial charge in [-0.05, 0) is 31.0 Å². The number of rotatable bonds is 3. The molecule has 7 nitrogen and oxygen atoms in total. The molecule has 1 fully saturated rings. The van der Waals surface area contributed by atoms with E-state index in [4.69, 9.17) is 0 Å². The molecule has 3 aromatic heterocycles. The molecular formula is C18H20N6O. The van der Waals surface area contributed by atoms with Gasteiger partial charge in [0.05, 0.1) is 17.2 Å². The number of aryl methyl sites for hydroxylation is 1. The second kappa shape index (κ2) is 6.51. The van der Waals surface area contributed by atoms with Crippen molar-refractivity contribution in [3.05, 3.63) is 36.8 Å². The molecule has 0 aliphatic heterocycles. The van der Waals surface area contributed by atoms with Crippen LogP contribution in [0.15, 0.2) is 36.8 Å². The second-order valence-electron chi connectivity index (χ2n) is 6.44. The lowest BCUT2D eigenvalue weighted by Gasteiger charge is -2.12. The van der Waals surface area contributed by atoms with E-state index in [9.17, 15) is 4.79 Å². The van der Waals surface area contributed by atoms with Crippen LogP contribution in [0, 0.1) is 0 Å². The summed E-state index contributed by atoms with van der Waals surface area (Å²) in [6, 6.07) is 5.67. The second-order valence-corrected chi connectivity index (χ2v) is 6.44. The van der Waals surface area contributed by atoms with Crippen LogP contribution in [0.3, 0.4) is 0 Å². The number of carbonyl (C=O) groups excluding carboxylic acids is 1. The van der Waals surface area contributed by atoms with Crippen molar-refractivity contribution in [2.75, 3.05) is 5.32 Å². The fourth-order valence-corrected chi connectivity index (χ4v) is 3.21. The van der Waals surface area contributed by atoms with Gasteiger partial charge >= 0.3 is 6.03 Å². The van der Waals surface area contributed by atoms with Crippen LogP contribution in [0.4, 0.5) is 10.6 Å². The van der Waals surface area contributed by atoms with Crippen LogP contribution in [-0.4, -0.2) is 31.8 Å². The Labute approximate surface area is 145 Å². The summed E-state index contributed by atoms with van der Waals surface area (Å²) in [5.41, 5.74) is 3.45. The van der Waals surface area contributed by atoms with E-state index in [0.29, 0.717) is 5.82 Å².